The minimum Gasteiger partial charge on any atom is -0.479 e. The van der Waals surface area contributed by atoms with Gasteiger partial charge in [-0.2, -0.15) is 5.26 Å². The summed E-state index contributed by atoms with van der Waals surface area (Å²) in [6.07, 6.45) is 0.853. The van der Waals surface area contributed by atoms with Crippen molar-refractivity contribution in [2.24, 2.45) is 5.92 Å². The van der Waals surface area contributed by atoms with Crippen molar-refractivity contribution in [1.29, 1.82) is 5.26 Å². The van der Waals surface area contributed by atoms with E-state index in [9.17, 15) is 14.9 Å². The van der Waals surface area contributed by atoms with Gasteiger partial charge in [0.05, 0.1) is 16.9 Å². The van der Waals surface area contributed by atoms with E-state index < -0.39 is 6.10 Å². The largest absolute Gasteiger partial charge is 0.479 e. The van der Waals surface area contributed by atoms with Crippen LogP contribution < -0.4 is 15.0 Å². The molecule has 0 aliphatic carbocycles. The van der Waals surface area contributed by atoms with Crippen LogP contribution in [0.2, 0.25) is 5.02 Å². The zero-order valence-corrected chi connectivity index (χ0v) is 16.7. The lowest BCUT2D eigenvalue weighted by atomic mass is 9.88. The van der Waals surface area contributed by atoms with Crippen LogP contribution in [0.15, 0.2) is 36.4 Å². The lowest BCUT2D eigenvalue weighted by Gasteiger charge is -2.33. The SMILES string of the molecule is CC1Oc2ccc(C(=O)C3CCN(c4ccc(Cl)cc4C#N)CC3)cc2NC1=O. The van der Waals surface area contributed by atoms with E-state index in [4.69, 9.17) is 16.3 Å². The molecule has 2 aromatic rings. The van der Waals surface area contributed by atoms with Crippen LogP contribution in [0.5, 0.6) is 5.75 Å². The highest BCUT2D eigenvalue weighted by Gasteiger charge is 2.29. The Kier molecular flexibility index (Phi) is 5.16. The molecule has 4 rings (SSSR count). The summed E-state index contributed by atoms with van der Waals surface area (Å²) in [7, 11) is 0. The number of nitrogens with one attached hydrogen (secondary N) is 1. The number of halogens is 1. The second-order valence-electron chi connectivity index (χ2n) is 7.36. The van der Waals surface area contributed by atoms with Crippen molar-refractivity contribution in [2.45, 2.75) is 25.9 Å². The number of anilines is 2. The zero-order valence-electron chi connectivity index (χ0n) is 15.9. The molecule has 1 unspecified atom stereocenters. The first-order valence-electron chi connectivity index (χ1n) is 9.56. The zero-order chi connectivity index (χ0) is 20.5. The van der Waals surface area contributed by atoms with Gasteiger partial charge in [0.1, 0.15) is 11.8 Å². The van der Waals surface area contributed by atoms with E-state index >= 15 is 0 Å². The number of piperidine rings is 1. The van der Waals surface area contributed by atoms with Crippen molar-refractivity contribution in [3.63, 3.8) is 0 Å². The molecular formula is C22H20ClN3O3. The molecular weight excluding hydrogens is 390 g/mol. The number of nitrogens with zero attached hydrogens (tertiary/aromatic N) is 2. The number of fused-ring (bicyclic) bond motifs is 1. The normalized spacial score (nSPS) is 19.0. The molecule has 2 aromatic carbocycles. The van der Waals surface area contributed by atoms with Crippen molar-refractivity contribution in [3.05, 3.63) is 52.5 Å². The number of hydrogen-bond donors (Lipinski definition) is 1. The lowest BCUT2D eigenvalue weighted by molar-refractivity contribution is -0.122. The Morgan fingerprint density at radius 1 is 1.24 bits per heavy atom. The number of carbonyl (C=O) groups excluding carboxylic acids is 2. The van der Waals surface area contributed by atoms with E-state index in [2.05, 4.69) is 16.3 Å². The molecule has 148 valence electrons. The van der Waals surface area contributed by atoms with Gasteiger partial charge in [-0.15, -0.1) is 0 Å². The van der Waals surface area contributed by atoms with Gasteiger partial charge in [-0.05, 0) is 56.2 Å². The van der Waals surface area contributed by atoms with Gasteiger partial charge >= 0.3 is 0 Å². The summed E-state index contributed by atoms with van der Waals surface area (Å²) in [4.78, 5) is 27.0. The summed E-state index contributed by atoms with van der Waals surface area (Å²) >= 11 is 5.99. The molecule has 6 nitrogen and oxygen atoms in total. The number of rotatable bonds is 3. The third kappa shape index (κ3) is 3.79. The summed E-state index contributed by atoms with van der Waals surface area (Å²) in [5, 5.41) is 12.7. The van der Waals surface area contributed by atoms with Gasteiger partial charge < -0.3 is 15.0 Å². The van der Waals surface area contributed by atoms with Crippen LogP contribution in [0.3, 0.4) is 0 Å². The average Bonchev–Trinajstić information content (AvgIpc) is 2.74. The van der Waals surface area contributed by atoms with Crippen molar-refractivity contribution in [2.75, 3.05) is 23.3 Å². The topological polar surface area (TPSA) is 82.4 Å². The predicted octanol–water partition coefficient (Wildman–Crippen LogP) is 4.03. The Balaban J connectivity index is 1.46. The van der Waals surface area contributed by atoms with E-state index in [1.54, 1.807) is 37.3 Å². The van der Waals surface area contributed by atoms with Gasteiger partial charge in [-0.3, -0.25) is 9.59 Å². The molecule has 2 aliphatic heterocycles. The fourth-order valence-corrected chi connectivity index (χ4v) is 4.03. The van der Waals surface area contributed by atoms with E-state index in [1.807, 2.05) is 6.07 Å². The molecule has 0 radical (unpaired) electrons. The third-order valence-electron chi connectivity index (χ3n) is 5.48. The molecule has 7 heteroatoms. The number of amides is 1. The van der Waals surface area contributed by atoms with E-state index in [0.29, 0.717) is 53.5 Å². The summed E-state index contributed by atoms with van der Waals surface area (Å²) in [6, 6.07) is 12.7. The van der Waals surface area contributed by atoms with Crippen LogP contribution in [0.1, 0.15) is 35.7 Å². The van der Waals surface area contributed by atoms with Gasteiger partial charge in [0.15, 0.2) is 11.9 Å². The van der Waals surface area contributed by atoms with Gasteiger partial charge in [-0.1, -0.05) is 11.6 Å². The van der Waals surface area contributed by atoms with Crippen molar-refractivity contribution >= 4 is 34.7 Å². The Hall–Kier alpha value is -3.04. The number of ketones is 1. The summed E-state index contributed by atoms with van der Waals surface area (Å²) in [6.45, 7) is 3.06. The van der Waals surface area contributed by atoms with Gasteiger partial charge in [-0.25, -0.2) is 0 Å². The number of Topliss-reactive ketones (excluding diaryl/α,β-unsaturated/α-hetero) is 1. The summed E-state index contributed by atoms with van der Waals surface area (Å²) < 4.78 is 5.55. The Morgan fingerprint density at radius 3 is 2.72 bits per heavy atom. The smallest absolute Gasteiger partial charge is 0.265 e. The highest BCUT2D eigenvalue weighted by atomic mass is 35.5. The summed E-state index contributed by atoms with van der Waals surface area (Å²) in [5.74, 6) is 0.333. The summed E-state index contributed by atoms with van der Waals surface area (Å²) in [5.41, 5.74) is 2.51. The fraction of sp³-hybridized carbons (Fsp3) is 0.318. The predicted molar refractivity (Wildman–Crippen MR) is 111 cm³/mol. The third-order valence-corrected chi connectivity index (χ3v) is 5.72. The van der Waals surface area contributed by atoms with Crippen molar-refractivity contribution in [1.82, 2.24) is 0 Å². The quantitative estimate of drug-likeness (QED) is 0.774. The van der Waals surface area contributed by atoms with Crippen LogP contribution >= 0.6 is 11.6 Å². The average molecular weight is 410 g/mol. The second kappa shape index (κ2) is 7.76. The molecule has 1 N–H and O–H groups in total. The molecule has 0 saturated carbocycles. The highest BCUT2D eigenvalue weighted by Crippen LogP contribution is 2.33. The maximum Gasteiger partial charge on any atom is 0.265 e. The molecule has 2 aliphatic rings. The minimum atomic E-state index is -0.542. The van der Waals surface area contributed by atoms with Gasteiger partial charge in [0, 0.05) is 29.6 Å². The first kappa shape index (κ1) is 19.3. The Morgan fingerprint density at radius 2 is 2.00 bits per heavy atom. The highest BCUT2D eigenvalue weighted by molar-refractivity contribution is 6.30. The van der Waals surface area contributed by atoms with Gasteiger partial charge in [0.2, 0.25) is 0 Å². The molecule has 29 heavy (non-hydrogen) atoms. The number of hydrogen-bond acceptors (Lipinski definition) is 5. The Bertz CT molecular complexity index is 1020. The first-order chi connectivity index (χ1) is 14.0. The van der Waals surface area contributed by atoms with Gasteiger partial charge in [0.25, 0.3) is 5.91 Å². The number of ether oxygens (including phenoxy) is 1. The number of benzene rings is 2. The van der Waals surface area contributed by atoms with Crippen LogP contribution in [-0.4, -0.2) is 30.9 Å². The maximum absolute atomic E-state index is 13.0. The maximum atomic E-state index is 13.0. The first-order valence-corrected chi connectivity index (χ1v) is 9.94. The van der Waals surface area contributed by atoms with Crippen LogP contribution in [-0.2, 0) is 4.79 Å². The number of nitriles is 1. The Labute approximate surface area is 174 Å². The standard InChI is InChI=1S/C22H20ClN3O3/c1-13-22(28)25-18-11-15(2-5-20(18)29-13)21(27)14-6-8-26(9-7-14)19-4-3-17(23)10-16(19)12-24/h2-5,10-11,13-14H,6-9H2,1H3,(H,25,28). The molecule has 2 heterocycles. The minimum absolute atomic E-state index is 0.0666. The van der Waals surface area contributed by atoms with Crippen LogP contribution in [0.25, 0.3) is 0 Å². The lowest BCUT2D eigenvalue weighted by Crippen LogP contribution is -2.37. The van der Waals surface area contributed by atoms with E-state index in [0.717, 1.165) is 5.69 Å². The van der Waals surface area contributed by atoms with E-state index in [1.165, 1.54) is 0 Å². The van der Waals surface area contributed by atoms with Crippen LogP contribution in [0, 0.1) is 17.2 Å². The second-order valence-corrected chi connectivity index (χ2v) is 7.80. The molecule has 1 saturated heterocycles. The number of carbonyl (C=O) groups is 2. The van der Waals surface area contributed by atoms with Crippen molar-refractivity contribution < 1.29 is 14.3 Å². The fourth-order valence-electron chi connectivity index (χ4n) is 3.85. The van der Waals surface area contributed by atoms with Crippen LogP contribution in [0.4, 0.5) is 11.4 Å². The molecule has 0 bridgehead atoms. The molecule has 1 amide bonds. The van der Waals surface area contributed by atoms with E-state index in [-0.39, 0.29) is 17.6 Å². The molecule has 1 fully saturated rings. The monoisotopic (exact) mass is 409 g/mol. The molecule has 0 aromatic heterocycles. The van der Waals surface area contributed by atoms with Crippen molar-refractivity contribution in [3.8, 4) is 11.8 Å². The molecule has 1 atom stereocenters. The molecule has 0 spiro atoms.